The number of rotatable bonds is 7. The topological polar surface area (TPSA) is 120 Å². The van der Waals surface area contributed by atoms with E-state index in [-0.39, 0.29) is 23.9 Å². The Bertz CT molecular complexity index is 1240. The molecule has 3 amide bonds. The number of aromatic amines is 1. The number of H-pyrrole nitrogens is 1. The van der Waals surface area contributed by atoms with Gasteiger partial charge in [0, 0.05) is 12.6 Å². The Morgan fingerprint density at radius 2 is 2.09 bits per heavy atom. The second-order valence-electron chi connectivity index (χ2n) is 8.89. The van der Waals surface area contributed by atoms with Gasteiger partial charge in [0.2, 0.25) is 11.8 Å². The minimum absolute atomic E-state index is 0.0872. The second-order valence-corrected chi connectivity index (χ2v) is 10.1. The maximum atomic E-state index is 14.0. The summed E-state index contributed by atoms with van der Waals surface area (Å²) in [4.78, 5) is 52.6. The molecule has 11 heteroatoms. The van der Waals surface area contributed by atoms with E-state index in [1.807, 2.05) is 6.92 Å². The van der Waals surface area contributed by atoms with E-state index in [4.69, 9.17) is 0 Å². The molecule has 9 nitrogen and oxygen atoms in total. The van der Waals surface area contributed by atoms with Crippen molar-refractivity contribution in [2.45, 2.75) is 64.6 Å². The van der Waals surface area contributed by atoms with Crippen LogP contribution in [0.5, 0.6) is 0 Å². The van der Waals surface area contributed by atoms with E-state index in [0.29, 0.717) is 22.8 Å². The van der Waals surface area contributed by atoms with E-state index in [1.54, 1.807) is 30.9 Å². The fourth-order valence-corrected chi connectivity index (χ4v) is 4.95. The molecule has 35 heavy (non-hydrogen) atoms. The number of halogens is 1. The molecule has 0 aliphatic carbocycles. The summed E-state index contributed by atoms with van der Waals surface area (Å²) in [6.07, 6.45) is 4.17. The highest BCUT2D eigenvalue weighted by molar-refractivity contribution is 7.13. The van der Waals surface area contributed by atoms with Gasteiger partial charge < -0.3 is 20.5 Å². The number of hydrogen-bond acceptors (Lipinski definition) is 6. The Hall–Kier alpha value is -3.34. The van der Waals surface area contributed by atoms with Gasteiger partial charge in [-0.2, -0.15) is 0 Å². The number of aromatic nitrogens is 3. The van der Waals surface area contributed by atoms with E-state index in [0.717, 1.165) is 24.3 Å². The van der Waals surface area contributed by atoms with Gasteiger partial charge in [0.05, 0.1) is 29.2 Å². The lowest BCUT2D eigenvalue weighted by molar-refractivity contribution is -0.137. The monoisotopic (exact) mass is 500 g/mol. The number of thiazole rings is 1. The van der Waals surface area contributed by atoms with Crippen LogP contribution >= 0.6 is 11.3 Å². The number of hydrogen-bond donors (Lipinski definition) is 3. The predicted octanol–water partition coefficient (Wildman–Crippen LogP) is 3.23. The third-order valence-electron chi connectivity index (χ3n) is 6.22. The van der Waals surface area contributed by atoms with Crippen molar-refractivity contribution in [3.05, 3.63) is 45.9 Å². The van der Waals surface area contributed by atoms with Crippen molar-refractivity contribution in [3.8, 4) is 0 Å². The summed E-state index contributed by atoms with van der Waals surface area (Å²) in [5.74, 6) is -1.26. The van der Waals surface area contributed by atoms with Gasteiger partial charge in [-0.25, -0.2) is 14.4 Å². The highest BCUT2D eigenvalue weighted by Gasteiger charge is 2.31. The van der Waals surface area contributed by atoms with Crippen molar-refractivity contribution in [2.24, 2.45) is 0 Å². The number of carbonyl (C=O) groups is 3. The number of likely N-dealkylation sites (tertiary alicyclic amines) is 1. The first-order valence-electron chi connectivity index (χ1n) is 11.7. The molecule has 4 rings (SSSR count). The Balaban J connectivity index is 1.51. The van der Waals surface area contributed by atoms with Gasteiger partial charge in [0.25, 0.3) is 5.91 Å². The highest BCUT2D eigenvalue weighted by atomic mass is 32.1. The lowest BCUT2D eigenvalue weighted by Gasteiger charge is -2.34. The predicted molar refractivity (Wildman–Crippen MR) is 130 cm³/mol. The first-order chi connectivity index (χ1) is 16.7. The molecule has 0 saturated carbocycles. The van der Waals surface area contributed by atoms with E-state index in [9.17, 15) is 18.8 Å². The van der Waals surface area contributed by atoms with Gasteiger partial charge in [-0.15, -0.1) is 11.3 Å². The van der Waals surface area contributed by atoms with Crippen molar-refractivity contribution in [3.63, 3.8) is 0 Å². The van der Waals surface area contributed by atoms with E-state index in [1.165, 1.54) is 23.6 Å². The molecular formula is C24H29FN6O3S. The largest absolute Gasteiger partial charge is 0.345 e. The number of carbonyl (C=O) groups excluding carboxylic acids is 3. The molecule has 0 bridgehead atoms. The number of fused-ring (bicyclic) bond motifs is 1. The molecule has 0 unspecified atom stereocenters. The minimum Gasteiger partial charge on any atom is -0.345 e. The average Bonchev–Trinajstić information content (AvgIpc) is 3.46. The molecule has 0 spiro atoms. The van der Waals surface area contributed by atoms with Crippen molar-refractivity contribution in [2.75, 3.05) is 6.54 Å². The van der Waals surface area contributed by atoms with Gasteiger partial charge in [-0.3, -0.25) is 14.4 Å². The van der Waals surface area contributed by atoms with Gasteiger partial charge in [-0.05, 0) is 52.2 Å². The summed E-state index contributed by atoms with van der Waals surface area (Å²) in [5, 5.41) is 6.23. The maximum Gasteiger partial charge on any atom is 0.263 e. The Morgan fingerprint density at radius 1 is 1.29 bits per heavy atom. The third-order valence-corrected chi connectivity index (χ3v) is 7.13. The molecule has 1 aliphatic heterocycles. The first kappa shape index (κ1) is 24.8. The molecule has 3 atom stereocenters. The van der Waals surface area contributed by atoms with Crippen molar-refractivity contribution < 1.29 is 18.8 Å². The average molecular weight is 501 g/mol. The molecule has 2 aromatic heterocycles. The number of piperidine rings is 1. The smallest absolute Gasteiger partial charge is 0.263 e. The lowest BCUT2D eigenvalue weighted by Crippen LogP contribution is -2.51. The van der Waals surface area contributed by atoms with E-state index >= 15 is 0 Å². The van der Waals surface area contributed by atoms with Gasteiger partial charge in [0.1, 0.15) is 22.3 Å². The lowest BCUT2D eigenvalue weighted by atomic mass is 10.0. The number of aryl methyl sites for hydroxylation is 1. The number of imidazole rings is 1. The molecule has 1 aromatic carbocycles. The van der Waals surface area contributed by atoms with Crippen LogP contribution in [0.2, 0.25) is 0 Å². The Kier molecular flexibility index (Phi) is 7.44. The fraction of sp³-hybridized carbons (Fsp3) is 0.458. The molecule has 1 fully saturated rings. The number of nitrogens with zero attached hydrogens (tertiary/aromatic N) is 3. The van der Waals surface area contributed by atoms with Crippen LogP contribution in [0.1, 0.15) is 66.1 Å². The SMILES string of the molecule is Cc1ncc(C(=O)N[C@@H](CC(=O)N2CCCC[C@@H]2C)C(=O)N[C@@H](C)c2nc3c(F)cccc3[nH]2)s1. The maximum absolute atomic E-state index is 14.0. The van der Waals surface area contributed by atoms with Crippen LogP contribution in [0.4, 0.5) is 4.39 Å². The molecule has 1 aliphatic rings. The molecule has 186 valence electrons. The summed E-state index contributed by atoms with van der Waals surface area (Å²) in [5.41, 5.74) is 0.698. The molecule has 0 radical (unpaired) electrons. The Labute approximate surface area is 206 Å². The minimum atomic E-state index is -1.09. The molecule has 3 aromatic rings. The zero-order chi connectivity index (χ0) is 25.1. The van der Waals surface area contributed by atoms with Crippen LogP contribution in [-0.4, -0.2) is 56.2 Å². The normalized spacial score (nSPS) is 17.7. The summed E-state index contributed by atoms with van der Waals surface area (Å²) in [7, 11) is 0. The van der Waals surface area contributed by atoms with Crippen LogP contribution in [0.25, 0.3) is 11.0 Å². The Morgan fingerprint density at radius 3 is 2.77 bits per heavy atom. The standard InChI is InChI=1S/C24H29FN6O3S/c1-13-7-4-5-10-31(13)20(32)11-18(29-24(34)19-12-26-15(3)35-19)23(33)27-14(2)22-28-17-9-6-8-16(25)21(17)30-22/h6,8-9,12-14,18H,4-5,7,10-11H2,1-3H3,(H,27,33)(H,28,30)(H,29,34)/t13-,14-,18-/m0/s1. The number of benzene rings is 1. The summed E-state index contributed by atoms with van der Waals surface area (Å²) in [6, 6.07) is 2.98. The zero-order valence-corrected chi connectivity index (χ0v) is 20.7. The molecular weight excluding hydrogens is 471 g/mol. The van der Waals surface area contributed by atoms with Crippen molar-refractivity contribution in [1.29, 1.82) is 0 Å². The quantitative estimate of drug-likeness (QED) is 0.460. The van der Waals surface area contributed by atoms with Crippen molar-refractivity contribution >= 4 is 40.1 Å². The van der Waals surface area contributed by atoms with Crippen LogP contribution in [0.15, 0.2) is 24.4 Å². The molecule has 3 N–H and O–H groups in total. The highest BCUT2D eigenvalue weighted by Crippen LogP contribution is 2.20. The number of amides is 3. The van der Waals surface area contributed by atoms with Gasteiger partial charge in [0.15, 0.2) is 5.82 Å². The third kappa shape index (κ3) is 5.67. The van der Waals surface area contributed by atoms with Gasteiger partial charge in [-0.1, -0.05) is 6.07 Å². The molecule has 3 heterocycles. The summed E-state index contributed by atoms with van der Waals surface area (Å²) >= 11 is 1.21. The van der Waals surface area contributed by atoms with Crippen LogP contribution in [0.3, 0.4) is 0 Å². The zero-order valence-electron chi connectivity index (χ0n) is 19.9. The van der Waals surface area contributed by atoms with Gasteiger partial charge >= 0.3 is 0 Å². The first-order valence-corrected chi connectivity index (χ1v) is 12.5. The van der Waals surface area contributed by atoms with Crippen LogP contribution in [-0.2, 0) is 9.59 Å². The number of para-hydroxylation sites is 1. The van der Waals surface area contributed by atoms with Crippen LogP contribution < -0.4 is 10.6 Å². The summed E-state index contributed by atoms with van der Waals surface area (Å²) < 4.78 is 14.0. The van der Waals surface area contributed by atoms with Crippen molar-refractivity contribution in [1.82, 2.24) is 30.5 Å². The molecule has 1 saturated heterocycles. The second kappa shape index (κ2) is 10.5. The summed E-state index contributed by atoms with van der Waals surface area (Å²) in [6.45, 7) is 6.11. The van der Waals surface area contributed by atoms with Crippen LogP contribution in [0, 0.1) is 12.7 Å². The van der Waals surface area contributed by atoms with E-state index in [2.05, 4.69) is 25.6 Å². The van der Waals surface area contributed by atoms with E-state index < -0.39 is 29.7 Å². The number of nitrogens with one attached hydrogen (secondary N) is 3. The fourth-order valence-electron chi connectivity index (χ4n) is 4.27.